The maximum Gasteiger partial charge on any atom is 0.226 e. The van der Waals surface area contributed by atoms with Crippen LogP contribution in [-0.4, -0.2) is 45.2 Å². The summed E-state index contributed by atoms with van der Waals surface area (Å²) >= 11 is 3.44. The molecule has 0 bridgehead atoms. The number of benzene rings is 2. The van der Waals surface area contributed by atoms with E-state index in [0.717, 1.165) is 16.5 Å². The van der Waals surface area contributed by atoms with E-state index in [2.05, 4.69) is 28.1 Å². The minimum atomic E-state index is -3.22. The van der Waals surface area contributed by atoms with Crippen LogP contribution >= 0.6 is 15.9 Å². The van der Waals surface area contributed by atoms with Gasteiger partial charge < -0.3 is 9.64 Å². The van der Waals surface area contributed by atoms with E-state index in [4.69, 9.17) is 4.74 Å². The van der Waals surface area contributed by atoms with Gasteiger partial charge in [-0.2, -0.15) is 0 Å². The fourth-order valence-corrected chi connectivity index (χ4v) is 4.66. The van der Waals surface area contributed by atoms with Crippen LogP contribution in [0.3, 0.4) is 0 Å². The van der Waals surface area contributed by atoms with Crippen LogP contribution < -0.4 is 0 Å². The molecule has 28 heavy (non-hydrogen) atoms. The molecule has 1 amide bonds. The first-order chi connectivity index (χ1) is 13.3. The molecule has 3 atom stereocenters. The molecule has 1 saturated carbocycles. The Labute approximate surface area is 173 Å². The number of ether oxygens (including phenoxy) is 1. The van der Waals surface area contributed by atoms with Gasteiger partial charge in [0.1, 0.15) is 6.10 Å². The van der Waals surface area contributed by atoms with Crippen LogP contribution in [0.2, 0.25) is 0 Å². The lowest BCUT2D eigenvalue weighted by molar-refractivity contribution is -0.140. The molecular formula is C21H22BrNO4S. The molecule has 2 fully saturated rings. The molecule has 0 radical (unpaired) electrons. The van der Waals surface area contributed by atoms with E-state index in [1.165, 1.54) is 11.8 Å². The van der Waals surface area contributed by atoms with Gasteiger partial charge in [0.05, 0.1) is 18.0 Å². The van der Waals surface area contributed by atoms with Crippen molar-refractivity contribution in [3.05, 3.63) is 64.1 Å². The van der Waals surface area contributed by atoms with Crippen molar-refractivity contribution in [3.63, 3.8) is 0 Å². The summed E-state index contributed by atoms with van der Waals surface area (Å²) in [5, 5.41) is 0. The molecule has 0 aromatic heterocycles. The lowest BCUT2D eigenvalue weighted by Gasteiger charge is -2.33. The molecule has 5 nitrogen and oxygen atoms in total. The highest BCUT2D eigenvalue weighted by molar-refractivity contribution is 9.10. The van der Waals surface area contributed by atoms with Crippen molar-refractivity contribution in [2.24, 2.45) is 5.92 Å². The van der Waals surface area contributed by atoms with Gasteiger partial charge in [0.2, 0.25) is 5.91 Å². The predicted octanol–water partition coefficient (Wildman–Crippen LogP) is 3.56. The Hall–Kier alpha value is -1.70. The summed E-state index contributed by atoms with van der Waals surface area (Å²) in [7, 11) is -3.22. The highest BCUT2D eigenvalue weighted by atomic mass is 79.9. The summed E-state index contributed by atoms with van der Waals surface area (Å²) in [5.74, 6) is 0.539. The third-order valence-corrected chi connectivity index (χ3v) is 7.12. The highest BCUT2D eigenvalue weighted by Gasteiger charge is 2.46. The predicted molar refractivity (Wildman–Crippen MR) is 110 cm³/mol. The Morgan fingerprint density at radius 2 is 1.71 bits per heavy atom. The zero-order valence-corrected chi connectivity index (χ0v) is 17.9. The van der Waals surface area contributed by atoms with Crippen LogP contribution in [-0.2, 0) is 19.4 Å². The van der Waals surface area contributed by atoms with Crippen LogP contribution in [0.5, 0.6) is 0 Å². The first kappa shape index (κ1) is 19.6. The number of halogens is 1. The van der Waals surface area contributed by atoms with Gasteiger partial charge in [0.25, 0.3) is 0 Å². The monoisotopic (exact) mass is 463 g/mol. The Balaban J connectivity index is 1.41. The summed E-state index contributed by atoms with van der Waals surface area (Å²) in [5.41, 5.74) is 2.10. The van der Waals surface area contributed by atoms with Gasteiger partial charge in [-0.15, -0.1) is 0 Å². The SMILES string of the molecule is CS(=O)(=O)c1ccc(C2CN(C(=O)[C@@H]3C[C@H]3c3ccc(Br)cc3)CCO2)cc1. The van der Waals surface area contributed by atoms with Crippen LogP contribution in [0.4, 0.5) is 0 Å². The summed E-state index contributed by atoms with van der Waals surface area (Å²) in [4.78, 5) is 15.1. The molecule has 0 spiro atoms. The number of sulfone groups is 1. The molecular weight excluding hydrogens is 442 g/mol. The van der Waals surface area contributed by atoms with Gasteiger partial charge in [0.15, 0.2) is 9.84 Å². The highest BCUT2D eigenvalue weighted by Crippen LogP contribution is 2.49. The maximum atomic E-state index is 13.0. The average Bonchev–Trinajstić information content (AvgIpc) is 3.48. The van der Waals surface area contributed by atoms with E-state index in [0.29, 0.717) is 25.6 Å². The summed E-state index contributed by atoms with van der Waals surface area (Å²) in [6, 6.07) is 14.9. The van der Waals surface area contributed by atoms with E-state index < -0.39 is 9.84 Å². The lowest BCUT2D eigenvalue weighted by Crippen LogP contribution is -2.43. The maximum absolute atomic E-state index is 13.0. The number of carbonyl (C=O) groups is 1. The van der Waals surface area contributed by atoms with Gasteiger partial charge in [-0.05, 0) is 47.7 Å². The summed E-state index contributed by atoms with van der Waals surface area (Å²) in [6.07, 6.45) is 1.86. The minimum absolute atomic E-state index is 0.0486. The van der Waals surface area contributed by atoms with E-state index in [1.54, 1.807) is 24.3 Å². The van der Waals surface area contributed by atoms with Gasteiger partial charge >= 0.3 is 0 Å². The van der Waals surface area contributed by atoms with Crippen LogP contribution in [0.1, 0.15) is 29.6 Å². The molecule has 2 aliphatic rings. The largest absolute Gasteiger partial charge is 0.370 e. The molecule has 1 saturated heterocycles. The third-order valence-electron chi connectivity index (χ3n) is 5.46. The molecule has 4 rings (SSSR count). The molecule has 1 heterocycles. The molecule has 1 unspecified atom stereocenters. The molecule has 148 valence electrons. The standard InChI is InChI=1S/C21H22BrNO4S/c1-28(25,26)17-8-4-15(5-9-17)20-13-23(10-11-27-20)21(24)19-12-18(19)14-2-6-16(22)7-3-14/h2-9,18-20H,10-13H2,1H3/t18-,19+,20?/m0/s1. The molecule has 2 aromatic carbocycles. The van der Waals surface area contributed by atoms with Crippen LogP contribution in [0.25, 0.3) is 0 Å². The van der Waals surface area contributed by atoms with Gasteiger partial charge in [0, 0.05) is 23.2 Å². The van der Waals surface area contributed by atoms with E-state index in [9.17, 15) is 13.2 Å². The van der Waals surface area contributed by atoms with Crippen molar-refractivity contribution in [3.8, 4) is 0 Å². The molecule has 0 N–H and O–H groups in total. The van der Waals surface area contributed by atoms with Gasteiger partial charge in [-0.1, -0.05) is 40.2 Å². The summed E-state index contributed by atoms with van der Waals surface area (Å²) < 4.78 is 30.1. The second-order valence-electron chi connectivity index (χ2n) is 7.49. The third kappa shape index (κ3) is 4.16. The molecule has 7 heteroatoms. The van der Waals surface area contributed by atoms with E-state index in [-0.39, 0.29) is 22.8 Å². The number of nitrogens with zero attached hydrogens (tertiary/aromatic N) is 1. The Bertz CT molecular complexity index is 972. The fourth-order valence-electron chi connectivity index (χ4n) is 3.76. The van der Waals surface area contributed by atoms with Crippen LogP contribution in [0.15, 0.2) is 57.9 Å². The normalized spacial score (nSPS) is 24.8. The second kappa shape index (κ2) is 7.61. The fraction of sp³-hybridized carbons (Fsp3) is 0.381. The van der Waals surface area contributed by atoms with E-state index in [1.807, 2.05) is 17.0 Å². The molecule has 2 aromatic rings. The lowest BCUT2D eigenvalue weighted by atomic mass is 10.1. The van der Waals surface area contributed by atoms with Crippen molar-refractivity contribution < 1.29 is 17.9 Å². The Morgan fingerprint density at radius 3 is 2.36 bits per heavy atom. The van der Waals surface area contributed by atoms with Crippen molar-refractivity contribution in [1.82, 2.24) is 4.90 Å². The quantitative estimate of drug-likeness (QED) is 0.695. The molecule has 1 aliphatic heterocycles. The number of amides is 1. The second-order valence-corrected chi connectivity index (χ2v) is 10.4. The number of morpholine rings is 1. The first-order valence-electron chi connectivity index (χ1n) is 9.29. The number of rotatable bonds is 4. The van der Waals surface area contributed by atoms with E-state index >= 15 is 0 Å². The van der Waals surface area contributed by atoms with Gasteiger partial charge in [-0.3, -0.25) is 4.79 Å². The van der Waals surface area contributed by atoms with Crippen molar-refractivity contribution in [2.45, 2.75) is 23.3 Å². The number of hydrogen-bond donors (Lipinski definition) is 0. The first-order valence-corrected chi connectivity index (χ1v) is 12.0. The van der Waals surface area contributed by atoms with Crippen molar-refractivity contribution in [1.29, 1.82) is 0 Å². The zero-order valence-electron chi connectivity index (χ0n) is 15.5. The van der Waals surface area contributed by atoms with Crippen LogP contribution in [0, 0.1) is 5.92 Å². The Kier molecular flexibility index (Phi) is 5.33. The zero-order chi connectivity index (χ0) is 19.9. The summed E-state index contributed by atoms with van der Waals surface area (Å²) in [6.45, 7) is 1.58. The van der Waals surface area contributed by atoms with Crippen molar-refractivity contribution in [2.75, 3.05) is 26.0 Å². The minimum Gasteiger partial charge on any atom is -0.370 e. The van der Waals surface area contributed by atoms with Gasteiger partial charge in [-0.25, -0.2) is 8.42 Å². The topological polar surface area (TPSA) is 63.7 Å². The Morgan fingerprint density at radius 1 is 1.07 bits per heavy atom. The molecule has 1 aliphatic carbocycles. The number of carbonyl (C=O) groups excluding carboxylic acids is 1. The average molecular weight is 464 g/mol. The number of hydrogen-bond acceptors (Lipinski definition) is 4. The smallest absolute Gasteiger partial charge is 0.226 e. The van der Waals surface area contributed by atoms with Crippen molar-refractivity contribution >= 4 is 31.7 Å².